The van der Waals surface area contributed by atoms with Gasteiger partial charge in [0.15, 0.2) is 0 Å². The Morgan fingerprint density at radius 3 is 2.70 bits per heavy atom. The number of rotatable bonds is 5. The first kappa shape index (κ1) is 16.0. The molecule has 0 radical (unpaired) electrons. The Labute approximate surface area is 127 Å². The van der Waals surface area contributed by atoms with Crippen molar-refractivity contribution in [2.24, 2.45) is 23.5 Å². The monoisotopic (exact) mass is 295 g/mol. The molecule has 0 aromatic carbocycles. The van der Waals surface area contributed by atoms with E-state index in [1.165, 1.54) is 29.7 Å². The summed E-state index contributed by atoms with van der Waals surface area (Å²) in [4.78, 5) is 1.31. The van der Waals surface area contributed by atoms with Gasteiger partial charge in [-0.2, -0.15) is 0 Å². The summed E-state index contributed by atoms with van der Waals surface area (Å²) in [6, 6.07) is 2.16. The second kappa shape index (κ2) is 7.06. The molecule has 1 saturated carbocycles. The molecule has 1 aromatic heterocycles. The van der Waals surface area contributed by atoms with Crippen molar-refractivity contribution in [3.8, 4) is 0 Å². The van der Waals surface area contributed by atoms with E-state index >= 15 is 0 Å². The zero-order chi connectivity index (χ0) is 14.7. The van der Waals surface area contributed by atoms with Crippen molar-refractivity contribution >= 4 is 11.3 Å². The van der Waals surface area contributed by atoms with E-state index in [9.17, 15) is 0 Å². The molecule has 2 nitrogen and oxygen atoms in total. The van der Waals surface area contributed by atoms with Crippen LogP contribution < -0.4 is 5.73 Å². The lowest BCUT2D eigenvalue weighted by Gasteiger charge is -2.39. The Hall–Kier alpha value is -0.380. The predicted octanol–water partition coefficient (Wildman–Crippen LogP) is 4.53. The molecule has 1 aromatic rings. The van der Waals surface area contributed by atoms with E-state index in [0.29, 0.717) is 24.5 Å². The SMILES string of the molecule is Cc1ccsc1C(CN)OC1CC(C)CCC1C(C)C. The van der Waals surface area contributed by atoms with Gasteiger partial charge in [-0.05, 0) is 54.5 Å². The lowest BCUT2D eigenvalue weighted by molar-refractivity contribution is -0.0775. The van der Waals surface area contributed by atoms with Gasteiger partial charge in [0, 0.05) is 11.4 Å². The first-order valence-corrected chi connectivity index (χ1v) is 8.80. The van der Waals surface area contributed by atoms with Gasteiger partial charge in [-0.25, -0.2) is 0 Å². The van der Waals surface area contributed by atoms with Crippen molar-refractivity contribution in [2.75, 3.05) is 6.54 Å². The molecule has 0 amide bonds. The van der Waals surface area contributed by atoms with E-state index in [2.05, 4.69) is 39.1 Å². The highest BCUT2D eigenvalue weighted by molar-refractivity contribution is 7.10. The summed E-state index contributed by atoms with van der Waals surface area (Å²) >= 11 is 1.78. The minimum Gasteiger partial charge on any atom is -0.368 e. The van der Waals surface area contributed by atoms with Crippen molar-refractivity contribution in [1.29, 1.82) is 0 Å². The minimum absolute atomic E-state index is 0.0755. The zero-order valence-corrected chi connectivity index (χ0v) is 14.1. The van der Waals surface area contributed by atoms with Crippen molar-refractivity contribution in [3.63, 3.8) is 0 Å². The maximum atomic E-state index is 6.50. The van der Waals surface area contributed by atoms with Crippen LogP contribution in [0.5, 0.6) is 0 Å². The van der Waals surface area contributed by atoms with Crippen LogP contribution in [0.15, 0.2) is 11.4 Å². The lowest BCUT2D eigenvalue weighted by Crippen LogP contribution is -2.36. The van der Waals surface area contributed by atoms with E-state index in [-0.39, 0.29) is 6.10 Å². The highest BCUT2D eigenvalue weighted by atomic mass is 32.1. The largest absolute Gasteiger partial charge is 0.368 e. The molecular weight excluding hydrogens is 266 g/mol. The van der Waals surface area contributed by atoms with Crippen LogP contribution in [-0.2, 0) is 4.74 Å². The van der Waals surface area contributed by atoms with Gasteiger partial charge in [-0.15, -0.1) is 11.3 Å². The lowest BCUT2D eigenvalue weighted by atomic mass is 9.75. The molecule has 2 N–H and O–H groups in total. The molecule has 0 spiro atoms. The van der Waals surface area contributed by atoms with Gasteiger partial charge in [0.1, 0.15) is 6.10 Å². The Kier molecular flexibility index (Phi) is 5.65. The molecule has 1 heterocycles. The Balaban J connectivity index is 2.10. The quantitative estimate of drug-likeness (QED) is 0.866. The Bertz CT molecular complexity index is 415. The van der Waals surface area contributed by atoms with Crippen molar-refractivity contribution in [3.05, 3.63) is 21.9 Å². The maximum absolute atomic E-state index is 6.50. The van der Waals surface area contributed by atoms with Crippen LogP contribution in [0.3, 0.4) is 0 Å². The van der Waals surface area contributed by atoms with E-state index in [4.69, 9.17) is 10.5 Å². The van der Waals surface area contributed by atoms with Crippen LogP contribution in [0.2, 0.25) is 0 Å². The van der Waals surface area contributed by atoms with Crippen LogP contribution in [0.4, 0.5) is 0 Å². The van der Waals surface area contributed by atoms with E-state index in [1.807, 2.05) is 0 Å². The number of aryl methyl sites for hydroxylation is 1. The summed E-state index contributed by atoms with van der Waals surface area (Å²) in [5, 5.41) is 2.14. The standard InChI is InChI=1S/C17H29NOS/c1-11(2)14-6-5-12(3)9-15(14)19-16(10-18)17-13(4)7-8-20-17/h7-8,11-12,14-16H,5-6,9-10,18H2,1-4H3. The number of ether oxygens (including phenoxy) is 1. The summed E-state index contributed by atoms with van der Waals surface area (Å²) in [6.45, 7) is 9.73. The average molecular weight is 295 g/mol. The molecule has 0 aliphatic heterocycles. The van der Waals surface area contributed by atoms with E-state index in [1.54, 1.807) is 11.3 Å². The summed E-state index contributed by atoms with van der Waals surface area (Å²) in [5.41, 5.74) is 7.30. The van der Waals surface area contributed by atoms with Gasteiger partial charge in [0.2, 0.25) is 0 Å². The summed E-state index contributed by atoms with van der Waals surface area (Å²) < 4.78 is 6.50. The fraction of sp³-hybridized carbons (Fsp3) is 0.765. The van der Waals surface area contributed by atoms with Gasteiger partial charge >= 0.3 is 0 Å². The molecule has 0 saturated heterocycles. The second-order valence-corrected chi connectivity index (χ2v) is 7.64. The molecule has 1 aliphatic rings. The van der Waals surface area contributed by atoms with Crippen LogP contribution in [0, 0.1) is 24.7 Å². The first-order chi connectivity index (χ1) is 9.52. The Morgan fingerprint density at radius 2 is 2.15 bits per heavy atom. The maximum Gasteiger partial charge on any atom is 0.104 e. The Morgan fingerprint density at radius 1 is 1.40 bits per heavy atom. The molecule has 4 atom stereocenters. The third-order valence-electron chi connectivity index (χ3n) is 4.71. The van der Waals surface area contributed by atoms with Gasteiger partial charge < -0.3 is 10.5 Å². The van der Waals surface area contributed by atoms with Gasteiger partial charge in [0.05, 0.1) is 6.10 Å². The number of hydrogen-bond acceptors (Lipinski definition) is 3. The molecular formula is C17H29NOS. The molecule has 0 bridgehead atoms. The molecule has 2 rings (SSSR count). The third-order valence-corrected chi connectivity index (χ3v) is 5.82. The summed E-state index contributed by atoms with van der Waals surface area (Å²) in [7, 11) is 0. The number of hydrogen-bond donors (Lipinski definition) is 1. The zero-order valence-electron chi connectivity index (χ0n) is 13.3. The fourth-order valence-corrected chi connectivity index (χ4v) is 4.40. The second-order valence-electron chi connectivity index (χ2n) is 6.69. The predicted molar refractivity (Wildman–Crippen MR) is 87.1 cm³/mol. The molecule has 1 aliphatic carbocycles. The summed E-state index contributed by atoms with van der Waals surface area (Å²) in [5.74, 6) is 2.15. The average Bonchev–Trinajstić information content (AvgIpc) is 2.82. The highest BCUT2D eigenvalue weighted by Gasteiger charge is 2.33. The van der Waals surface area contributed by atoms with Crippen molar-refractivity contribution < 1.29 is 4.74 Å². The van der Waals surface area contributed by atoms with E-state index in [0.717, 1.165) is 5.92 Å². The smallest absolute Gasteiger partial charge is 0.104 e. The van der Waals surface area contributed by atoms with Gasteiger partial charge in [-0.1, -0.05) is 27.2 Å². The van der Waals surface area contributed by atoms with Crippen LogP contribution in [-0.4, -0.2) is 12.6 Å². The molecule has 4 unspecified atom stereocenters. The number of nitrogens with two attached hydrogens (primary N) is 1. The van der Waals surface area contributed by atoms with Gasteiger partial charge in [-0.3, -0.25) is 0 Å². The van der Waals surface area contributed by atoms with Crippen molar-refractivity contribution in [2.45, 2.75) is 59.2 Å². The van der Waals surface area contributed by atoms with Crippen molar-refractivity contribution in [1.82, 2.24) is 0 Å². The first-order valence-electron chi connectivity index (χ1n) is 7.92. The highest BCUT2D eigenvalue weighted by Crippen LogP contribution is 2.38. The van der Waals surface area contributed by atoms with E-state index < -0.39 is 0 Å². The van der Waals surface area contributed by atoms with Crippen LogP contribution in [0.25, 0.3) is 0 Å². The minimum atomic E-state index is 0.0755. The topological polar surface area (TPSA) is 35.2 Å². The molecule has 3 heteroatoms. The normalized spacial score (nSPS) is 28.8. The third kappa shape index (κ3) is 3.63. The fourth-order valence-electron chi connectivity index (χ4n) is 3.42. The molecule has 114 valence electrons. The molecule has 20 heavy (non-hydrogen) atoms. The molecule has 1 fully saturated rings. The number of thiophene rings is 1. The summed E-state index contributed by atoms with van der Waals surface area (Å²) in [6.07, 6.45) is 4.27. The van der Waals surface area contributed by atoms with Crippen LogP contribution in [0.1, 0.15) is 56.6 Å². The van der Waals surface area contributed by atoms with Gasteiger partial charge in [0.25, 0.3) is 0 Å². The van der Waals surface area contributed by atoms with Crippen LogP contribution >= 0.6 is 11.3 Å².